The molecule has 0 aliphatic heterocycles. The minimum atomic E-state index is -3.72. The molecule has 2 aromatic carbocycles. The fraction of sp³-hybridized carbons (Fsp3) is 0.278. The summed E-state index contributed by atoms with van der Waals surface area (Å²) in [7, 11) is -3.72. The van der Waals surface area contributed by atoms with Crippen LogP contribution in [0.1, 0.15) is 18.1 Å². The van der Waals surface area contributed by atoms with Crippen molar-refractivity contribution in [3.05, 3.63) is 58.4 Å². The molecule has 1 atom stereocenters. The molecule has 2 rings (SSSR count). The first-order valence-corrected chi connectivity index (χ1v) is 10.1. The van der Waals surface area contributed by atoms with Crippen molar-refractivity contribution in [2.24, 2.45) is 0 Å². The molecule has 26 heavy (non-hydrogen) atoms. The Hall–Kier alpha value is -2.12. The molecule has 0 aliphatic rings. The highest BCUT2D eigenvalue weighted by molar-refractivity contribution is 7.92. The summed E-state index contributed by atoms with van der Waals surface area (Å²) in [6, 6.07) is 8.04. The van der Waals surface area contributed by atoms with Crippen LogP contribution in [0.4, 0.5) is 15.8 Å². The van der Waals surface area contributed by atoms with E-state index in [1.807, 2.05) is 19.9 Å². The lowest BCUT2D eigenvalue weighted by Gasteiger charge is -2.28. The van der Waals surface area contributed by atoms with Gasteiger partial charge in [-0.1, -0.05) is 17.7 Å². The summed E-state index contributed by atoms with van der Waals surface area (Å²) < 4.78 is 39.0. The largest absolute Gasteiger partial charge is 0.324 e. The van der Waals surface area contributed by atoms with Gasteiger partial charge in [0.2, 0.25) is 15.9 Å². The smallest absolute Gasteiger partial charge is 0.247 e. The fourth-order valence-electron chi connectivity index (χ4n) is 2.71. The number of anilines is 2. The van der Waals surface area contributed by atoms with Crippen LogP contribution >= 0.6 is 11.6 Å². The second kappa shape index (κ2) is 7.63. The van der Waals surface area contributed by atoms with Crippen molar-refractivity contribution < 1.29 is 17.6 Å². The number of nitrogens with zero attached hydrogens (tertiary/aromatic N) is 1. The summed E-state index contributed by atoms with van der Waals surface area (Å²) in [5.74, 6) is -1.16. The van der Waals surface area contributed by atoms with Crippen LogP contribution in [0.3, 0.4) is 0 Å². The first kappa shape index (κ1) is 20.2. The third-order valence-corrected chi connectivity index (χ3v) is 5.27. The fourth-order valence-corrected chi connectivity index (χ4v) is 4.05. The Bertz CT molecular complexity index is 927. The van der Waals surface area contributed by atoms with Gasteiger partial charge in [-0.25, -0.2) is 12.8 Å². The molecule has 1 amide bonds. The van der Waals surface area contributed by atoms with Gasteiger partial charge < -0.3 is 5.32 Å². The highest BCUT2D eigenvalue weighted by Crippen LogP contribution is 2.25. The van der Waals surface area contributed by atoms with E-state index in [-0.39, 0.29) is 10.7 Å². The predicted octanol–water partition coefficient (Wildman–Crippen LogP) is 3.89. The zero-order valence-electron chi connectivity index (χ0n) is 14.9. The Kier molecular flexibility index (Phi) is 5.93. The predicted molar refractivity (Wildman–Crippen MR) is 103 cm³/mol. The molecule has 0 saturated heterocycles. The van der Waals surface area contributed by atoms with Gasteiger partial charge >= 0.3 is 0 Å². The molecule has 0 heterocycles. The van der Waals surface area contributed by atoms with E-state index in [0.717, 1.165) is 27.8 Å². The molecule has 5 nitrogen and oxygen atoms in total. The molecule has 0 spiro atoms. The Morgan fingerprint density at radius 2 is 1.73 bits per heavy atom. The van der Waals surface area contributed by atoms with Gasteiger partial charge in [0.15, 0.2) is 0 Å². The van der Waals surface area contributed by atoms with Gasteiger partial charge in [0.25, 0.3) is 0 Å². The summed E-state index contributed by atoms with van der Waals surface area (Å²) in [5, 5.41) is 2.43. The van der Waals surface area contributed by atoms with Crippen molar-refractivity contribution in [3.63, 3.8) is 0 Å². The zero-order chi connectivity index (χ0) is 19.6. The Morgan fingerprint density at radius 3 is 2.23 bits per heavy atom. The molecule has 0 aliphatic carbocycles. The number of hydrogen-bond donors (Lipinski definition) is 1. The number of carbonyl (C=O) groups is 1. The molecule has 0 aromatic heterocycles. The monoisotopic (exact) mass is 398 g/mol. The average Bonchev–Trinajstić information content (AvgIpc) is 2.48. The number of halogens is 2. The maximum atomic E-state index is 13.2. The van der Waals surface area contributed by atoms with Crippen LogP contribution in [0.2, 0.25) is 5.02 Å². The molecule has 0 bridgehead atoms. The quantitative estimate of drug-likeness (QED) is 0.830. The average molecular weight is 399 g/mol. The van der Waals surface area contributed by atoms with E-state index in [9.17, 15) is 17.6 Å². The number of benzene rings is 2. The van der Waals surface area contributed by atoms with Crippen LogP contribution in [0.25, 0.3) is 0 Å². The molecule has 0 radical (unpaired) electrons. The first-order chi connectivity index (χ1) is 12.0. The minimum absolute atomic E-state index is 0.135. The van der Waals surface area contributed by atoms with Gasteiger partial charge in [0.05, 0.1) is 17.0 Å². The van der Waals surface area contributed by atoms with Crippen LogP contribution < -0.4 is 9.62 Å². The lowest BCUT2D eigenvalue weighted by Crippen LogP contribution is -2.45. The van der Waals surface area contributed by atoms with E-state index < -0.39 is 27.8 Å². The van der Waals surface area contributed by atoms with Crippen molar-refractivity contribution >= 4 is 38.9 Å². The minimum Gasteiger partial charge on any atom is -0.324 e. The van der Waals surface area contributed by atoms with Crippen molar-refractivity contribution in [3.8, 4) is 0 Å². The van der Waals surface area contributed by atoms with Crippen molar-refractivity contribution in [1.29, 1.82) is 0 Å². The van der Waals surface area contributed by atoms with Crippen LogP contribution in [-0.4, -0.2) is 26.6 Å². The molecule has 140 valence electrons. The summed E-state index contributed by atoms with van der Waals surface area (Å²) in [6.45, 7) is 5.18. The topological polar surface area (TPSA) is 66.5 Å². The SMILES string of the molecule is Cc1cc(C)cc(N([C@H](C)C(=O)Nc2ccc(F)c(Cl)c2)S(C)(=O)=O)c1. The van der Waals surface area contributed by atoms with Crippen molar-refractivity contribution in [2.45, 2.75) is 26.8 Å². The summed E-state index contributed by atoms with van der Waals surface area (Å²) in [6.07, 6.45) is 1.04. The molecule has 0 unspecified atom stereocenters. The molecule has 0 saturated carbocycles. The maximum absolute atomic E-state index is 13.2. The van der Waals surface area contributed by atoms with Gasteiger partial charge in [-0.05, 0) is 62.2 Å². The molecular formula is C18H20ClFN2O3S. The van der Waals surface area contributed by atoms with E-state index in [4.69, 9.17) is 11.6 Å². The van der Waals surface area contributed by atoms with Gasteiger partial charge in [-0.15, -0.1) is 0 Å². The lowest BCUT2D eigenvalue weighted by molar-refractivity contribution is -0.116. The van der Waals surface area contributed by atoms with Crippen LogP contribution in [-0.2, 0) is 14.8 Å². The summed E-state index contributed by atoms with van der Waals surface area (Å²) in [4.78, 5) is 12.6. The van der Waals surface area contributed by atoms with Gasteiger partial charge in [0.1, 0.15) is 11.9 Å². The molecule has 2 aromatic rings. The first-order valence-electron chi connectivity index (χ1n) is 7.82. The highest BCUT2D eigenvalue weighted by Gasteiger charge is 2.29. The van der Waals surface area contributed by atoms with Crippen LogP contribution in [0.5, 0.6) is 0 Å². The normalized spacial score (nSPS) is 12.5. The van der Waals surface area contributed by atoms with Crippen molar-refractivity contribution in [1.82, 2.24) is 0 Å². The number of amides is 1. The number of rotatable bonds is 5. The Balaban J connectivity index is 2.35. The second-order valence-corrected chi connectivity index (χ2v) is 8.47. The number of aryl methyl sites for hydroxylation is 2. The number of carbonyl (C=O) groups excluding carboxylic acids is 1. The number of hydrogen-bond acceptors (Lipinski definition) is 3. The van der Waals surface area contributed by atoms with Gasteiger partial charge in [0, 0.05) is 5.69 Å². The molecule has 0 fully saturated rings. The molecule has 1 N–H and O–H groups in total. The summed E-state index contributed by atoms with van der Waals surface area (Å²) >= 11 is 5.71. The zero-order valence-corrected chi connectivity index (χ0v) is 16.5. The van der Waals surface area contributed by atoms with E-state index in [2.05, 4.69) is 5.32 Å². The third-order valence-electron chi connectivity index (χ3n) is 3.74. The third kappa shape index (κ3) is 4.74. The van der Waals surface area contributed by atoms with Crippen LogP contribution in [0.15, 0.2) is 36.4 Å². The van der Waals surface area contributed by atoms with E-state index in [1.165, 1.54) is 19.1 Å². The Labute approximate surface area is 157 Å². The van der Waals surface area contributed by atoms with Gasteiger partial charge in [-0.3, -0.25) is 9.10 Å². The van der Waals surface area contributed by atoms with E-state index in [0.29, 0.717) is 5.69 Å². The van der Waals surface area contributed by atoms with Gasteiger partial charge in [-0.2, -0.15) is 0 Å². The summed E-state index contributed by atoms with van der Waals surface area (Å²) in [5.41, 5.74) is 2.45. The molecular weight excluding hydrogens is 379 g/mol. The number of nitrogens with one attached hydrogen (secondary N) is 1. The standard InChI is InChI=1S/C18H20ClFN2O3S/c1-11-7-12(2)9-15(8-11)22(26(4,24)25)13(3)18(23)21-14-5-6-17(20)16(19)10-14/h5-10,13H,1-4H3,(H,21,23)/t13-/m1/s1. The maximum Gasteiger partial charge on any atom is 0.247 e. The molecule has 8 heteroatoms. The van der Waals surface area contributed by atoms with E-state index >= 15 is 0 Å². The van der Waals surface area contributed by atoms with Crippen LogP contribution in [0, 0.1) is 19.7 Å². The second-order valence-electron chi connectivity index (χ2n) is 6.20. The van der Waals surface area contributed by atoms with E-state index in [1.54, 1.807) is 12.1 Å². The number of sulfonamides is 1. The highest BCUT2D eigenvalue weighted by atomic mass is 35.5. The van der Waals surface area contributed by atoms with Crippen molar-refractivity contribution in [2.75, 3.05) is 15.9 Å². The lowest BCUT2D eigenvalue weighted by atomic mass is 10.1. The Morgan fingerprint density at radius 1 is 1.15 bits per heavy atom.